The van der Waals surface area contributed by atoms with E-state index in [1.165, 1.54) is 0 Å². The van der Waals surface area contributed by atoms with E-state index in [-0.39, 0.29) is 5.91 Å². The lowest BCUT2D eigenvalue weighted by molar-refractivity contribution is 0.0827. The van der Waals surface area contributed by atoms with Gasteiger partial charge in [-0.25, -0.2) is 4.99 Å². The first-order valence-electron chi connectivity index (χ1n) is 9.19. The van der Waals surface area contributed by atoms with Crippen molar-refractivity contribution in [3.05, 3.63) is 52.9 Å². The van der Waals surface area contributed by atoms with E-state index in [1.54, 1.807) is 19.0 Å². The van der Waals surface area contributed by atoms with Gasteiger partial charge in [0.2, 0.25) is 0 Å². The summed E-state index contributed by atoms with van der Waals surface area (Å²) < 4.78 is 5.34. The van der Waals surface area contributed by atoms with Crippen LogP contribution in [0.1, 0.15) is 54.1 Å². The van der Waals surface area contributed by atoms with Crippen LogP contribution in [0.25, 0.3) is 0 Å². The van der Waals surface area contributed by atoms with Crippen LogP contribution in [0.5, 0.6) is 0 Å². The zero-order chi connectivity index (χ0) is 19.8. The number of aromatic nitrogens is 1. The van der Waals surface area contributed by atoms with E-state index >= 15 is 0 Å². The number of aliphatic imine (C=N–C) groups is 1. The lowest BCUT2D eigenvalue weighted by Gasteiger charge is -2.11. The van der Waals surface area contributed by atoms with Gasteiger partial charge in [0.15, 0.2) is 11.7 Å². The second-order valence-electron chi connectivity index (χ2n) is 6.82. The molecule has 1 aromatic carbocycles. The Bertz CT molecular complexity index is 763. The fourth-order valence-corrected chi connectivity index (χ4v) is 2.38. The summed E-state index contributed by atoms with van der Waals surface area (Å²) >= 11 is 0. The van der Waals surface area contributed by atoms with Gasteiger partial charge in [-0.3, -0.25) is 4.79 Å². The number of amides is 1. The summed E-state index contributed by atoms with van der Waals surface area (Å²) in [6, 6.07) is 9.47. The van der Waals surface area contributed by atoms with Gasteiger partial charge < -0.3 is 20.1 Å². The molecule has 0 saturated heterocycles. The van der Waals surface area contributed by atoms with Gasteiger partial charge in [-0.05, 0) is 30.5 Å². The summed E-state index contributed by atoms with van der Waals surface area (Å²) in [5.41, 5.74) is 2.65. The molecule has 0 aliphatic carbocycles. The number of nitrogens with one attached hydrogen (secondary N) is 2. The van der Waals surface area contributed by atoms with Crippen LogP contribution in [0.3, 0.4) is 0 Å². The number of hydrogen-bond acceptors (Lipinski definition) is 4. The van der Waals surface area contributed by atoms with Crippen molar-refractivity contribution < 1.29 is 9.32 Å². The Morgan fingerprint density at radius 1 is 1.22 bits per heavy atom. The van der Waals surface area contributed by atoms with Gasteiger partial charge in [0.1, 0.15) is 0 Å². The molecule has 0 spiro atoms. The maximum atomic E-state index is 11.9. The normalized spacial score (nSPS) is 11.6. The lowest BCUT2D eigenvalue weighted by atomic mass is 10.1. The number of guanidine groups is 1. The molecule has 146 valence electrons. The van der Waals surface area contributed by atoms with Crippen molar-refractivity contribution in [2.45, 2.75) is 39.8 Å². The Kier molecular flexibility index (Phi) is 7.40. The second kappa shape index (κ2) is 9.75. The summed E-state index contributed by atoms with van der Waals surface area (Å²) in [6.45, 7) is 7.97. The summed E-state index contributed by atoms with van der Waals surface area (Å²) in [5, 5.41) is 10.5. The molecule has 1 amide bonds. The van der Waals surface area contributed by atoms with Gasteiger partial charge in [0.25, 0.3) is 5.91 Å². The zero-order valence-corrected chi connectivity index (χ0v) is 16.7. The van der Waals surface area contributed by atoms with Crippen LogP contribution in [-0.4, -0.2) is 42.6 Å². The fraction of sp³-hybridized carbons (Fsp3) is 0.450. The molecule has 0 bridgehead atoms. The monoisotopic (exact) mass is 371 g/mol. The number of rotatable bonds is 7. The molecule has 27 heavy (non-hydrogen) atoms. The molecular formula is C20H29N5O2. The summed E-state index contributed by atoms with van der Waals surface area (Å²) in [5.74, 6) is 1.81. The van der Waals surface area contributed by atoms with E-state index in [9.17, 15) is 4.79 Å². The predicted molar refractivity (Wildman–Crippen MR) is 107 cm³/mol. The average Bonchev–Trinajstić information content (AvgIpc) is 3.13. The van der Waals surface area contributed by atoms with Crippen molar-refractivity contribution in [1.82, 2.24) is 20.7 Å². The highest BCUT2D eigenvalue weighted by atomic mass is 16.5. The van der Waals surface area contributed by atoms with Gasteiger partial charge in [0, 0.05) is 32.3 Å². The molecule has 2 aromatic rings. The average molecular weight is 371 g/mol. The van der Waals surface area contributed by atoms with Crippen molar-refractivity contribution in [2.24, 2.45) is 4.99 Å². The molecule has 2 rings (SSSR count). The van der Waals surface area contributed by atoms with Gasteiger partial charge in [0.05, 0.1) is 18.8 Å². The summed E-state index contributed by atoms with van der Waals surface area (Å²) in [6.07, 6.45) is 0. The molecule has 0 aliphatic rings. The number of carbonyl (C=O) groups is 1. The van der Waals surface area contributed by atoms with Gasteiger partial charge >= 0.3 is 0 Å². The minimum absolute atomic E-state index is 0.00659. The Morgan fingerprint density at radius 2 is 1.93 bits per heavy atom. The molecule has 0 atom stereocenters. The Balaban J connectivity index is 1.96. The fourth-order valence-electron chi connectivity index (χ4n) is 2.38. The number of hydrogen-bond donors (Lipinski definition) is 2. The van der Waals surface area contributed by atoms with E-state index in [4.69, 9.17) is 4.52 Å². The topological polar surface area (TPSA) is 82.8 Å². The van der Waals surface area contributed by atoms with Gasteiger partial charge in [-0.2, -0.15) is 0 Å². The smallest absolute Gasteiger partial charge is 0.253 e. The first-order valence-corrected chi connectivity index (χ1v) is 9.19. The lowest BCUT2D eigenvalue weighted by Crippen LogP contribution is -2.36. The Hall–Kier alpha value is -2.83. The van der Waals surface area contributed by atoms with Crippen LogP contribution in [0.15, 0.2) is 39.8 Å². The molecule has 0 saturated carbocycles. The van der Waals surface area contributed by atoms with Crippen molar-refractivity contribution in [3.63, 3.8) is 0 Å². The third kappa shape index (κ3) is 6.13. The minimum atomic E-state index is -0.00659. The van der Waals surface area contributed by atoms with Crippen molar-refractivity contribution in [2.75, 3.05) is 20.6 Å². The summed E-state index contributed by atoms with van der Waals surface area (Å²) in [7, 11) is 3.49. The molecule has 7 nitrogen and oxygen atoms in total. The predicted octanol–water partition coefficient (Wildman–Crippen LogP) is 2.76. The molecule has 7 heteroatoms. The molecule has 0 aliphatic heterocycles. The first-order chi connectivity index (χ1) is 12.9. The van der Waals surface area contributed by atoms with Crippen LogP contribution in [0.4, 0.5) is 0 Å². The minimum Gasteiger partial charge on any atom is -0.359 e. The highest BCUT2D eigenvalue weighted by molar-refractivity contribution is 5.93. The molecule has 1 aromatic heterocycles. The molecule has 0 unspecified atom stereocenters. The van der Waals surface area contributed by atoms with Crippen molar-refractivity contribution in [1.29, 1.82) is 0 Å². The molecule has 0 fully saturated rings. The summed E-state index contributed by atoms with van der Waals surface area (Å²) in [4.78, 5) is 18.1. The molecule has 1 heterocycles. The van der Waals surface area contributed by atoms with Crippen molar-refractivity contribution >= 4 is 11.9 Å². The maximum absolute atomic E-state index is 11.9. The van der Waals surface area contributed by atoms with Crippen LogP contribution < -0.4 is 10.6 Å². The molecule has 0 radical (unpaired) electrons. The zero-order valence-electron chi connectivity index (χ0n) is 16.7. The van der Waals surface area contributed by atoms with Crippen LogP contribution in [-0.2, 0) is 13.1 Å². The number of benzene rings is 1. The van der Waals surface area contributed by atoms with E-state index in [2.05, 4.69) is 34.6 Å². The highest BCUT2D eigenvalue weighted by Crippen LogP contribution is 2.13. The van der Waals surface area contributed by atoms with Crippen LogP contribution >= 0.6 is 0 Å². The highest BCUT2D eigenvalue weighted by Gasteiger charge is 2.09. The molecular weight excluding hydrogens is 342 g/mol. The number of carbonyl (C=O) groups excluding carboxylic acids is 1. The van der Waals surface area contributed by atoms with Crippen molar-refractivity contribution in [3.8, 4) is 0 Å². The standard InChI is InChI=1S/C20H29N5O2/c1-6-21-20(23-13-17-11-18(14(2)3)24-27-17)22-12-15-7-9-16(10-8-15)19(26)25(4)5/h7-11,14H,6,12-13H2,1-5H3,(H2,21,22,23). The van der Waals surface area contributed by atoms with Gasteiger partial charge in [-0.1, -0.05) is 31.1 Å². The first kappa shape index (κ1) is 20.5. The molecule has 2 N–H and O–H groups in total. The third-order valence-electron chi connectivity index (χ3n) is 3.97. The van der Waals surface area contributed by atoms with Crippen LogP contribution in [0.2, 0.25) is 0 Å². The maximum Gasteiger partial charge on any atom is 0.253 e. The van der Waals surface area contributed by atoms with E-state index in [1.807, 2.05) is 37.3 Å². The second-order valence-corrected chi connectivity index (χ2v) is 6.82. The van der Waals surface area contributed by atoms with Gasteiger partial charge in [-0.15, -0.1) is 0 Å². The Labute approximate surface area is 160 Å². The number of nitrogens with zero attached hydrogens (tertiary/aromatic N) is 3. The van der Waals surface area contributed by atoms with E-state index < -0.39 is 0 Å². The van der Waals surface area contributed by atoms with E-state index in [0.29, 0.717) is 30.5 Å². The SMILES string of the molecule is CCNC(=NCc1ccc(C(=O)N(C)C)cc1)NCc1cc(C(C)C)no1. The third-order valence-corrected chi connectivity index (χ3v) is 3.97. The van der Waals surface area contributed by atoms with E-state index in [0.717, 1.165) is 23.6 Å². The quantitative estimate of drug-likeness (QED) is 0.578. The largest absolute Gasteiger partial charge is 0.359 e. The Morgan fingerprint density at radius 3 is 2.48 bits per heavy atom. The van der Waals surface area contributed by atoms with Crippen LogP contribution in [0, 0.1) is 0 Å².